The van der Waals surface area contributed by atoms with Gasteiger partial charge >= 0.3 is 0 Å². The fourth-order valence-corrected chi connectivity index (χ4v) is 5.08. The fourth-order valence-electron chi connectivity index (χ4n) is 4.72. The molecule has 1 aliphatic carbocycles. The zero-order valence-corrected chi connectivity index (χ0v) is 16.5. The number of thiocarbonyl (C=S) groups is 1. The maximum atomic E-state index is 13.6. The lowest BCUT2D eigenvalue weighted by Crippen LogP contribution is -2.47. The van der Waals surface area contributed by atoms with Crippen molar-refractivity contribution in [2.24, 2.45) is 5.41 Å². The molecule has 0 radical (unpaired) electrons. The first kappa shape index (κ1) is 19.2. The number of unbranched alkanes of at least 4 members (excludes halogenated alkanes) is 1. The van der Waals surface area contributed by atoms with E-state index in [-0.39, 0.29) is 30.6 Å². The first-order valence-electron chi connectivity index (χ1n) is 9.83. The summed E-state index contributed by atoms with van der Waals surface area (Å²) in [6.07, 6.45) is 2.30. The van der Waals surface area contributed by atoms with Crippen LogP contribution < -0.4 is 0 Å². The number of alkyl halides is 1. The van der Waals surface area contributed by atoms with Crippen molar-refractivity contribution >= 4 is 34.9 Å². The molecular weight excluding hydrogens is 379 g/mol. The molecule has 0 aromatic heterocycles. The predicted molar refractivity (Wildman–Crippen MR) is 106 cm³/mol. The molecule has 2 aliphatic heterocycles. The molecule has 1 atom stereocenters. The molecule has 7 heteroatoms. The molecule has 0 bridgehead atoms. The first-order valence-corrected chi connectivity index (χ1v) is 10.2. The predicted octanol–water partition coefficient (Wildman–Crippen LogP) is 3.26. The van der Waals surface area contributed by atoms with Crippen molar-refractivity contribution in [2.45, 2.75) is 51.1 Å². The minimum atomic E-state index is -0.891. The number of rotatable bonds is 5. The van der Waals surface area contributed by atoms with Crippen LogP contribution in [0.5, 0.6) is 0 Å². The molecule has 1 aromatic rings. The normalized spacial score (nSPS) is 23.8. The number of nitrogens with zero attached hydrogens (tertiary/aromatic N) is 2. The summed E-state index contributed by atoms with van der Waals surface area (Å²) in [6.45, 7) is 0.810. The van der Waals surface area contributed by atoms with E-state index in [1.807, 2.05) is 18.2 Å². The Bertz CT molecular complexity index is 803. The lowest BCUT2D eigenvalue weighted by molar-refractivity contribution is -0.153. The Morgan fingerprint density at radius 2 is 1.61 bits per heavy atom. The Hall–Kier alpha value is -2.15. The number of benzene rings is 1. The molecule has 1 spiro atoms. The average molecular weight is 402 g/mol. The SMILES string of the molecule is O=C1CC2(CCC(F)C2)CC(=O)N1CCCCN1C(=O)c2ccccc2C1=S. The highest BCUT2D eigenvalue weighted by Gasteiger charge is 2.47. The van der Waals surface area contributed by atoms with Gasteiger partial charge in [-0.25, -0.2) is 4.39 Å². The number of fused-ring (bicyclic) bond motifs is 1. The third-order valence-electron chi connectivity index (χ3n) is 6.19. The van der Waals surface area contributed by atoms with Gasteiger partial charge in [0.2, 0.25) is 11.8 Å². The van der Waals surface area contributed by atoms with E-state index in [1.54, 1.807) is 11.0 Å². The number of carbonyl (C=O) groups excluding carboxylic acids is 3. The Labute approximate surface area is 168 Å². The van der Waals surface area contributed by atoms with Crippen molar-refractivity contribution in [3.8, 4) is 0 Å². The highest BCUT2D eigenvalue weighted by atomic mass is 32.1. The van der Waals surface area contributed by atoms with Crippen LogP contribution in [0.15, 0.2) is 24.3 Å². The average Bonchev–Trinajstić information content (AvgIpc) is 3.12. The summed E-state index contributed by atoms with van der Waals surface area (Å²) in [5.41, 5.74) is 0.961. The van der Waals surface area contributed by atoms with Gasteiger partial charge in [-0.15, -0.1) is 0 Å². The minimum absolute atomic E-state index is 0.0883. The first-order chi connectivity index (χ1) is 13.4. The van der Waals surface area contributed by atoms with Crippen molar-refractivity contribution < 1.29 is 18.8 Å². The van der Waals surface area contributed by atoms with Crippen molar-refractivity contribution in [3.05, 3.63) is 35.4 Å². The second-order valence-corrected chi connectivity index (χ2v) is 8.53. The molecule has 3 aliphatic rings. The Balaban J connectivity index is 1.28. The van der Waals surface area contributed by atoms with Gasteiger partial charge in [0.1, 0.15) is 11.2 Å². The van der Waals surface area contributed by atoms with Gasteiger partial charge in [0, 0.05) is 31.5 Å². The molecule has 148 valence electrons. The van der Waals surface area contributed by atoms with Crippen LogP contribution in [-0.4, -0.2) is 51.8 Å². The van der Waals surface area contributed by atoms with Crippen LogP contribution in [0.25, 0.3) is 0 Å². The molecule has 2 heterocycles. The fraction of sp³-hybridized carbons (Fsp3) is 0.524. The van der Waals surface area contributed by atoms with Crippen molar-refractivity contribution in [3.63, 3.8) is 0 Å². The van der Waals surface area contributed by atoms with Crippen LogP contribution in [0.1, 0.15) is 60.9 Å². The Morgan fingerprint density at radius 1 is 1.00 bits per heavy atom. The van der Waals surface area contributed by atoms with Gasteiger partial charge in [-0.1, -0.05) is 30.4 Å². The number of likely N-dealkylation sites (tertiary alicyclic amines) is 1. The highest BCUT2D eigenvalue weighted by molar-refractivity contribution is 7.80. The van der Waals surface area contributed by atoms with Gasteiger partial charge in [0.15, 0.2) is 0 Å². The summed E-state index contributed by atoms with van der Waals surface area (Å²) in [4.78, 5) is 40.9. The molecule has 0 N–H and O–H groups in total. The van der Waals surface area contributed by atoms with Crippen LogP contribution in [-0.2, 0) is 9.59 Å². The maximum Gasteiger partial charge on any atom is 0.259 e. The maximum absolute atomic E-state index is 13.6. The zero-order valence-electron chi connectivity index (χ0n) is 15.7. The number of imide groups is 1. The van der Waals surface area contributed by atoms with E-state index in [0.29, 0.717) is 55.7 Å². The van der Waals surface area contributed by atoms with E-state index >= 15 is 0 Å². The van der Waals surface area contributed by atoms with Gasteiger partial charge in [-0.3, -0.25) is 24.2 Å². The van der Waals surface area contributed by atoms with Crippen LogP contribution in [0.2, 0.25) is 0 Å². The molecule has 28 heavy (non-hydrogen) atoms. The van der Waals surface area contributed by atoms with E-state index < -0.39 is 11.6 Å². The third-order valence-corrected chi connectivity index (χ3v) is 6.63. The van der Waals surface area contributed by atoms with Gasteiger partial charge in [-0.05, 0) is 43.6 Å². The quantitative estimate of drug-likeness (QED) is 0.431. The van der Waals surface area contributed by atoms with E-state index in [1.165, 1.54) is 4.90 Å². The van der Waals surface area contributed by atoms with E-state index in [0.717, 1.165) is 5.56 Å². The number of amides is 3. The summed E-state index contributed by atoms with van der Waals surface area (Å²) in [5, 5.41) is 0. The van der Waals surface area contributed by atoms with Crippen LogP contribution in [0, 0.1) is 5.41 Å². The van der Waals surface area contributed by atoms with Gasteiger partial charge in [0.25, 0.3) is 5.91 Å². The van der Waals surface area contributed by atoms with Crippen LogP contribution >= 0.6 is 12.2 Å². The number of piperidine rings is 1. The van der Waals surface area contributed by atoms with Gasteiger partial charge in [0.05, 0.1) is 5.56 Å². The molecule has 1 aromatic carbocycles. The summed E-state index contributed by atoms with van der Waals surface area (Å²) >= 11 is 5.41. The van der Waals surface area contributed by atoms with E-state index in [2.05, 4.69) is 0 Å². The number of halogens is 1. The zero-order chi connectivity index (χ0) is 19.9. The highest BCUT2D eigenvalue weighted by Crippen LogP contribution is 2.48. The van der Waals surface area contributed by atoms with Crippen molar-refractivity contribution in [1.29, 1.82) is 0 Å². The topological polar surface area (TPSA) is 57.7 Å². The van der Waals surface area contributed by atoms with Crippen LogP contribution in [0.3, 0.4) is 0 Å². The second-order valence-electron chi connectivity index (χ2n) is 8.15. The van der Waals surface area contributed by atoms with Gasteiger partial charge in [-0.2, -0.15) is 0 Å². The number of carbonyl (C=O) groups is 3. The largest absolute Gasteiger partial charge is 0.298 e. The van der Waals surface area contributed by atoms with Crippen molar-refractivity contribution in [1.82, 2.24) is 9.80 Å². The monoisotopic (exact) mass is 402 g/mol. The second kappa shape index (κ2) is 7.35. The molecule has 1 unspecified atom stereocenters. The smallest absolute Gasteiger partial charge is 0.259 e. The molecule has 1 saturated carbocycles. The Morgan fingerprint density at radius 3 is 2.18 bits per heavy atom. The number of hydrogen-bond donors (Lipinski definition) is 0. The van der Waals surface area contributed by atoms with Crippen LogP contribution in [0.4, 0.5) is 4.39 Å². The lowest BCUT2D eigenvalue weighted by Gasteiger charge is -2.37. The molecule has 5 nitrogen and oxygen atoms in total. The lowest BCUT2D eigenvalue weighted by atomic mass is 9.76. The van der Waals surface area contributed by atoms with E-state index in [9.17, 15) is 18.8 Å². The summed E-state index contributed by atoms with van der Waals surface area (Å²) < 4.78 is 13.6. The summed E-state index contributed by atoms with van der Waals surface area (Å²) in [5.74, 6) is -0.467. The summed E-state index contributed by atoms with van der Waals surface area (Å²) in [6, 6.07) is 7.30. The molecule has 2 fully saturated rings. The summed E-state index contributed by atoms with van der Waals surface area (Å²) in [7, 11) is 0. The molecule has 4 rings (SSSR count). The molecule has 3 amide bonds. The molecule has 1 saturated heterocycles. The van der Waals surface area contributed by atoms with Crippen molar-refractivity contribution in [2.75, 3.05) is 13.1 Å². The van der Waals surface area contributed by atoms with Gasteiger partial charge < -0.3 is 0 Å². The standard InChI is InChI=1S/C21H23FN2O3S/c22-14-7-8-21(11-14)12-17(25)23(18(26)13-21)9-3-4-10-24-19(27)15-5-1-2-6-16(15)20(24)28/h1-2,5-6,14H,3-4,7-13H2. The minimum Gasteiger partial charge on any atom is -0.298 e. The third kappa shape index (κ3) is 3.36. The number of hydrogen-bond acceptors (Lipinski definition) is 4. The molecular formula is C21H23FN2O3S. The van der Waals surface area contributed by atoms with E-state index in [4.69, 9.17) is 12.2 Å². The Kier molecular flexibility index (Phi) is 5.04.